The van der Waals surface area contributed by atoms with Crippen LogP contribution in [0.4, 0.5) is 17.1 Å². The molecule has 0 spiro atoms. The van der Waals surface area contributed by atoms with E-state index in [2.05, 4.69) is 5.32 Å². The Kier molecular flexibility index (Phi) is 7.82. The minimum Gasteiger partial charge on any atom is -0.494 e. The summed E-state index contributed by atoms with van der Waals surface area (Å²) in [6.45, 7) is 0.764. The second-order valence-electron chi connectivity index (χ2n) is 7.84. The number of fused-ring (bicyclic) bond motifs is 1. The number of carbonyl (C=O) groups is 2. The molecule has 2 amide bonds. The molecule has 4 rings (SSSR count). The molecule has 36 heavy (non-hydrogen) atoms. The van der Waals surface area contributed by atoms with E-state index < -0.39 is 4.92 Å². The third-order valence-corrected chi connectivity index (χ3v) is 5.56. The van der Waals surface area contributed by atoms with Crippen molar-refractivity contribution >= 4 is 46.6 Å². The molecule has 10 heteroatoms. The first kappa shape index (κ1) is 24.7. The van der Waals surface area contributed by atoms with E-state index in [1.807, 2.05) is 0 Å². The molecule has 1 aliphatic rings. The Morgan fingerprint density at radius 1 is 1.14 bits per heavy atom. The summed E-state index contributed by atoms with van der Waals surface area (Å²) in [4.78, 5) is 36.8. The maximum atomic E-state index is 12.5. The molecule has 1 heterocycles. The third-order valence-electron chi connectivity index (χ3n) is 5.31. The summed E-state index contributed by atoms with van der Waals surface area (Å²) in [5.74, 6) is 0.669. The van der Waals surface area contributed by atoms with Gasteiger partial charge in [-0.25, -0.2) is 0 Å². The lowest BCUT2D eigenvalue weighted by Gasteiger charge is -2.29. The zero-order chi connectivity index (χ0) is 25.5. The quantitative estimate of drug-likeness (QED) is 0.187. The molecule has 0 saturated carbocycles. The number of hydrogen-bond acceptors (Lipinski definition) is 6. The van der Waals surface area contributed by atoms with Gasteiger partial charge in [-0.3, -0.25) is 19.7 Å². The van der Waals surface area contributed by atoms with Crippen LogP contribution in [0, 0.1) is 10.1 Å². The predicted octanol–water partition coefficient (Wildman–Crippen LogP) is 5.09. The van der Waals surface area contributed by atoms with E-state index in [1.165, 1.54) is 18.2 Å². The average molecular weight is 508 g/mol. The molecule has 3 aromatic carbocycles. The Morgan fingerprint density at radius 2 is 1.89 bits per heavy atom. The number of non-ortho nitro benzene ring substituents is 1. The summed E-state index contributed by atoms with van der Waals surface area (Å²) in [6, 6.07) is 18.0. The van der Waals surface area contributed by atoms with Crippen LogP contribution in [-0.2, 0) is 9.59 Å². The van der Waals surface area contributed by atoms with Gasteiger partial charge in [0.25, 0.3) is 11.6 Å². The van der Waals surface area contributed by atoms with Crippen molar-refractivity contribution in [1.82, 2.24) is 0 Å². The monoisotopic (exact) mass is 507 g/mol. The fourth-order valence-corrected chi connectivity index (χ4v) is 3.66. The number of carbonyl (C=O) groups excluding carboxylic acids is 2. The lowest BCUT2D eigenvalue weighted by molar-refractivity contribution is -0.384. The molecule has 0 radical (unpaired) electrons. The molecule has 0 unspecified atom stereocenters. The molecule has 0 fully saturated rings. The highest BCUT2D eigenvalue weighted by Gasteiger charge is 2.25. The van der Waals surface area contributed by atoms with E-state index in [0.717, 1.165) is 0 Å². The molecule has 0 bridgehead atoms. The molecule has 1 aliphatic heterocycles. The van der Waals surface area contributed by atoms with Gasteiger partial charge in [0.1, 0.15) is 11.5 Å². The van der Waals surface area contributed by atoms with Crippen molar-refractivity contribution in [3.63, 3.8) is 0 Å². The van der Waals surface area contributed by atoms with Crippen molar-refractivity contribution in [1.29, 1.82) is 0 Å². The molecule has 0 saturated heterocycles. The fourth-order valence-electron chi connectivity index (χ4n) is 3.53. The minimum atomic E-state index is -0.485. The molecular formula is C26H22ClN3O6. The van der Waals surface area contributed by atoms with Crippen LogP contribution in [0.5, 0.6) is 11.5 Å². The van der Waals surface area contributed by atoms with Crippen LogP contribution in [0.25, 0.3) is 6.08 Å². The van der Waals surface area contributed by atoms with Crippen molar-refractivity contribution in [2.75, 3.05) is 30.0 Å². The molecule has 9 nitrogen and oxygen atoms in total. The second kappa shape index (κ2) is 11.4. The number of anilines is 2. The van der Waals surface area contributed by atoms with Crippen LogP contribution in [0.1, 0.15) is 12.0 Å². The van der Waals surface area contributed by atoms with E-state index in [9.17, 15) is 19.7 Å². The molecule has 0 aliphatic carbocycles. The summed E-state index contributed by atoms with van der Waals surface area (Å²) in [5, 5.41) is 14.1. The number of hydrogen-bond donors (Lipinski definition) is 1. The first-order valence-electron chi connectivity index (χ1n) is 11.1. The maximum Gasteiger partial charge on any atom is 0.269 e. The fraction of sp³-hybridized carbons (Fsp3) is 0.154. The zero-order valence-electron chi connectivity index (χ0n) is 19.1. The Morgan fingerprint density at radius 3 is 2.61 bits per heavy atom. The summed E-state index contributed by atoms with van der Waals surface area (Å²) < 4.78 is 11.2. The standard InChI is InChI=1S/C26H22ClN3O6/c27-19-5-10-22(11-6-19)35-15-1-14-29-23-16-20(7-12-24(23)36-17-26(29)32)28-25(31)13-4-18-2-8-21(9-3-18)30(33)34/h2-13,16H,1,14-15,17H2,(H,28,31)/b13-4+. The lowest BCUT2D eigenvalue weighted by Crippen LogP contribution is -2.39. The Hall–Kier alpha value is -4.37. The number of nitro benzene ring substituents is 1. The van der Waals surface area contributed by atoms with Gasteiger partial charge in [0.2, 0.25) is 5.91 Å². The normalized spacial score (nSPS) is 12.7. The van der Waals surface area contributed by atoms with E-state index in [-0.39, 0.29) is 24.1 Å². The summed E-state index contributed by atoms with van der Waals surface area (Å²) in [5.41, 5.74) is 1.68. The van der Waals surface area contributed by atoms with Crippen LogP contribution in [0.15, 0.2) is 72.8 Å². The average Bonchev–Trinajstić information content (AvgIpc) is 2.87. The molecule has 0 aromatic heterocycles. The molecule has 184 valence electrons. The number of ether oxygens (including phenoxy) is 2. The van der Waals surface area contributed by atoms with E-state index in [4.69, 9.17) is 21.1 Å². The predicted molar refractivity (Wildman–Crippen MR) is 137 cm³/mol. The number of rotatable bonds is 9. The van der Waals surface area contributed by atoms with Gasteiger partial charge < -0.3 is 19.7 Å². The van der Waals surface area contributed by atoms with Crippen molar-refractivity contribution in [2.24, 2.45) is 0 Å². The summed E-state index contributed by atoms with van der Waals surface area (Å²) in [6.07, 6.45) is 3.47. The highest BCUT2D eigenvalue weighted by molar-refractivity contribution is 6.30. The maximum absolute atomic E-state index is 12.5. The van der Waals surface area contributed by atoms with Crippen molar-refractivity contribution in [2.45, 2.75) is 6.42 Å². The van der Waals surface area contributed by atoms with Gasteiger partial charge in [0.05, 0.1) is 17.2 Å². The molecule has 0 atom stereocenters. The smallest absolute Gasteiger partial charge is 0.269 e. The Labute approximate surface area is 212 Å². The highest BCUT2D eigenvalue weighted by Crippen LogP contribution is 2.34. The Balaban J connectivity index is 1.36. The van der Waals surface area contributed by atoms with Gasteiger partial charge in [0.15, 0.2) is 6.61 Å². The van der Waals surface area contributed by atoms with Gasteiger partial charge in [-0.05, 0) is 72.7 Å². The SMILES string of the molecule is O=C(/C=C/c1ccc([N+](=O)[O-])cc1)Nc1ccc2c(c1)N(CCCOc1ccc(Cl)cc1)C(=O)CO2. The number of halogens is 1. The van der Waals surface area contributed by atoms with E-state index >= 15 is 0 Å². The van der Waals surface area contributed by atoms with Gasteiger partial charge >= 0.3 is 0 Å². The van der Waals surface area contributed by atoms with Crippen LogP contribution in [0.3, 0.4) is 0 Å². The summed E-state index contributed by atoms with van der Waals surface area (Å²) >= 11 is 5.88. The first-order chi connectivity index (χ1) is 17.4. The van der Waals surface area contributed by atoms with Crippen LogP contribution in [-0.4, -0.2) is 36.5 Å². The topological polar surface area (TPSA) is 111 Å². The number of nitrogens with zero attached hydrogens (tertiary/aromatic N) is 2. The molecule has 3 aromatic rings. The van der Waals surface area contributed by atoms with E-state index in [1.54, 1.807) is 65.6 Å². The first-order valence-corrected chi connectivity index (χ1v) is 11.5. The van der Waals surface area contributed by atoms with E-state index in [0.29, 0.717) is 53.0 Å². The number of benzene rings is 3. The van der Waals surface area contributed by atoms with Crippen LogP contribution < -0.4 is 19.7 Å². The number of nitrogens with one attached hydrogen (secondary N) is 1. The minimum absolute atomic E-state index is 0.0245. The molecular weight excluding hydrogens is 486 g/mol. The number of nitro groups is 1. The Bertz CT molecular complexity index is 1290. The van der Waals surface area contributed by atoms with Crippen LogP contribution >= 0.6 is 11.6 Å². The number of amides is 2. The highest BCUT2D eigenvalue weighted by atomic mass is 35.5. The molecule has 1 N–H and O–H groups in total. The van der Waals surface area contributed by atoms with Gasteiger partial charge in [-0.2, -0.15) is 0 Å². The van der Waals surface area contributed by atoms with Crippen LogP contribution in [0.2, 0.25) is 5.02 Å². The largest absolute Gasteiger partial charge is 0.494 e. The van der Waals surface area contributed by atoms with Gasteiger partial charge in [0, 0.05) is 35.5 Å². The third kappa shape index (κ3) is 6.39. The van der Waals surface area contributed by atoms with Gasteiger partial charge in [-0.1, -0.05) is 11.6 Å². The second-order valence-corrected chi connectivity index (χ2v) is 8.28. The summed E-state index contributed by atoms with van der Waals surface area (Å²) in [7, 11) is 0. The van der Waals surface area contributed by atoms with Gasteiger partial charge in [-0.15, -0.1) is 0 Å². The van der Waals surface area contributed by atoms with Crippen molar-refractivity contribution in [3.8, 4) is 11.5 Å². The van der Waals surface area contributed by atoms with Crippen molar-refractivity contribution in [3.05, 3.63) is 93.5 Å². The zero-order valence-corrected chi connectivity index (χ0v) is 19.8. The van der Waals surface area contributed by atoms with Crippen molar-refractivity contribution < 1.29 is 24.0 Å². The lowest BCUT2D eigenvalue weighted by atomic mass is 10.2.